The highest BCUT2D eigenvalue weighted by atomic mass is 16.7. The molecule has 52 heavy (non-hydrogen) atoms. The molecule has 5 aliphatic rings. The molecule has 0 aromatic heterocycles. The predicted octanol–water partition coefficient (Wildman–Crippen LogP) is 3.78. The van der Waals surface area contributed by atoms with Gasteiger partial charge in [-0.3, -0.25) is 4.79 Å². The number of aliphatic hydroxyl groups excluding tert-OH is 5. The lowest BCUT2D eigenvalue weighted by Crippen LogP contribution is -2.67. The van der Waals surface area contributed by atoms with Crippen molar-refractivity contribution in [1.29, 1.82) is 0 Å². The van der Waals surface area contributed by atoms with E-state index in [2.05, 4.69) is 40.7 Å². The van der Waals surface area contributed by atoms with Gasteiger partial charge in [0.05, 0.1) is 24.2 Å². The van der Waals surface area contributed by atoms with E-state index < -0.39 is 73.8 Å². The number of rotatable bonds is 11. The molecule has 4 saturated carbocycles. The summed E-state index contributed by atoms with van der Waals surface area (Å²) in [5, 5.41) is 67.0. The average Bonchev–Trinajstić information content (AvgIpc) is 3.43. The number of aliphatic hydroxyl groups is 5. The van der Waals surface area contributed by atoms with E-state index in [0.29, 0.717) is 31.1 Å². The number of carbonyl (C=O) groups is 2. The molecule has 0 aromatic rings. The van der Waals surface area contributed by atoms with Crippen LogP contribution in [-0.2, 0) is 23.8 Å². The average molecular weight is 740 g/mol. The predicted molar refractivity (Wildman–Crippen MR) is 192 cm³/mol. The molecule has 12 nitrogen and oxygen atoms in total. The molecular weight excluding hydrogens is 670 g/mol. The van der Waals surface area contributed by atoms with Gasteiger partial charge in [-0.2, -0.15) is 0 Å². The van der Waals surface area contributed by atoms with E-state index in [1.807, 2.05) is 20.8 Å². The van der Waals surface area contributed by atoms with Gasteiger partial charge < -0.3 is 55.8 Å². The van der Waals surface area contributed by atoms with Crippen LogP contribution in [0.4, 0.5) is 0 Å². The molecule has 1 heterocycles. The third-order valence-electron chi connectivity index (χ3n) is 15.3. The fraction of sp³-hybridized carbons (Fsp3) is 0.900. The van der Waals surface area contributed by atoms with Crippen molar-refractivity contribution in [1.82, 2.24) is 6.15 Å². The maximum atomic E-state index is 12.3. The summed E-state index contributed by atoms with van der Waals surface area (Å²) in [4.78, 5) is 22.9. The molecule has 0 amide bonds. The number of allylic oxidation sites excluding steroid dienone is 2. The van der Waals surface area contributed by atoms with Crippen LogP contribution in [0.3, 0.4) is 0 Å². The van der Waals surface area contributed by atoms with E-state index in [1.165, 1.54) is 0 Å². The Morgan fingerprint density at radius 3 is 2.17 bits per heavy atom. The van der Waals surface area contributed by atoms with Crippen molar-refractivity contribution in [2.45, 2.75) is 175 Å². The van der Waals surface area contributed by atoms with Gasteiger partial charge in [0.1, 0.15) is 31.0 Å². The van der Waals surface area contributed by atoms with Crippen LogP contribution in [0.1, 0.15) is 126 Å². The summed E-state index contributed by atoms with van der Waals surface area (Å²) in [7, 11) is 0. The van der Waals surface area contributed by atoms with Crippen molar-refractivity contribution in [2.24, 2.45) is 45.3 Å². The first-order valence-electron chi connectivity index (χ1n) is 19.3. The molecule has 4 aliphatic carbocycles. The first kappa shape index (κ1) is 43.1. The Morgan fingerprint density at radius 1 is 0.885 bits per heavy atom. The van der Waals surface area contributed by atoms with Gasteiger partial charge in [-0.25, -0.2) is 0 Å². The number of carboxylic acids is 1. The largest absolute Gasteiger partial charge is 0.550 e. The molecule has 1 saturated heterocycles. The number of hydrogen-bond donors (Lipinski definition) is 6. The number of quaternary nitrogens is 1. The molecule has 5 rings (SSSR count). The Labute approximate surface area is 310 Å². The summed E-state index contributed by atoms with van der Waals surface area (Å²) < 4.78 is 18.0. The quantitative estimate of drug-likeness (QED) is 0.132. The van der Waals surface area contributed by atoms with Crippen molar-refractivity contribution in [3.63, 3.8) is 0 Å². The lowest BCUT2D eigenvalue weighted by molar-refractivity contribution is -0.336. The van der Waals surface area contributed by atoms with E-state index in [1.54, 1.807) is 0 Å². The third-order valence-corrected chi connectivity index (χ3v) is 15.3. The van der Waals surface area contributed by atoms with Crippen LogP contribution in [0.25, 0.3) is 0 Å². The molecule has 0 radical (unpaired) electrons. The molecule has 0 spiro atoms. The number of fused-ring (bicyclic) bond motifs is 5. The molecular formula is C40H69NO11. The minimum Gasteiger partial charge on any atom is -0.550 e. The number of ether oxygens (including phenoxy) is 3. The van der Waals surface area contributed by atoms with E-state index in [4.69, 9.17) is 14.2 Å². The van der Waals surface area contributed by atoms with Crippen LogP contribution < -0.4 is 11.3 Å². The molecule has 15 atom stereocenters. The second-order valence-electron chi connectivity index (χ2n) is 18.7. The Balaban J connectivity index is 0.00000605. The molecule has 5 fully saturated rings. The van der Waals surface area contributed by atoms with E-state index >= 15 is 0 Å². The zero-order valence-corrected chi connectivity index (χ0v) is 33.1. The second-order valence-corrected chi connectivity index (χ2v) is 18.7. The van der Waals surface area contributed by atoms with E-state index in [-0.39, 0.29) is 45.8 Å². The zero-order valence-electron chi connectivity index (χ0n) is 33.1. The first-order valence-corrected chi connectivity index (χ1v) is 19.3. The highest BCUT2D eigenvalue weighted by molar-refractivity contribution is 5.75. The molecule has 4 unspecified atom stereocenters. The van der Waals surface area contributed by atoms with Gasteiger partial charge >= 0.3 is 5.97 Å². The van der Waals surface area contributed by atoms with Gasteiger partial charge in [0.2, 0.25) is 0 Å². The van der Waals surface area contributed by atoms with Crippen LogP contribution >= 0.6 is 0 Å². The maximum absolute atomic E-state index is 12.3. The lowest BCUT2D eigenvalue weighted by Gasteiger charge is -2.70. The molecule has 300 valence electrons. The summed E-state index contributed by atoms with van der Waals surface area (Å²) in [5.74, 6) is -1.78. The van der Waals surface area contributed by atoms with Crippen LogP contribution in [-0.4, -0.2) is 92.6 Å². The summed E-state index contributed by atoms with van der Waals surface area (Å²) in [5.41, 5.74) is -0.230. The number of aliphatic carboxylic acids is 1. The highest BCUT2D eigenvalue weighted by Gasteiger charge is 2.71. The maximum Gasteiger partial charge on any atom is 0.306 e. The van der Waals surface area contributed by atoms with Gasteiger partial charge in [-0.15, -0.1) is 0 Å². The Hall–Kier alpha value is -1.64. The number of carbonyl (C=O) groups excluding carboxylic acids is 2. The van der Waals surface area contributed by atoms with Gasteiger partial charge in [0.25, 0.3) is 0 Å². The van der Waals surface area contributed by atoms with Crippen LogP contribution in [0.2, 0.25) is 0 Å². The third kappa shape index (κ3) is 7.36. The first-order chi connectivity index (χ1) is 23.6. The van der Waals surface area contributed by atoms with Gasteiger partial charge in [0.15, 0.2) is 6.29 Å². The smallest absolute Gasteiger partial charge is 0.306 e. The monoisotopic (exact) mass is 739 g/mol. The lowest BCUT2D eigenvalue weighted by atomic mass is 9.35. The Bertz CT molecular complexity index is 1320. The standard InChI is InChI=1S/C40H66O11.H3N/c1-22(2)10-9-16-40(8,51-35-34(48)33(47)32(46)25(50-35)21-49-30(45)12-11-29(43)44)23-13-18-39(7)31(23)24(41)20-27-37(5)17-15-28(42)36(3,4)26(37)14-19-38(27,39)6;/h10,23-28,31-35,41-42,46-48H,9,11-21H2,1-8H3,(H,43,44);1H3/t23?,24-,25-,26?,27?,28+,31?,32-,33+,34-,35+,37+,38-,39-,40+;/m1./s1. The molecule has 12 heteroatoms. The molecule has 0 bridgehead atoms. The highest BCUT2D eigenvalue weighted by Crippen LogP contribution is 2.76. The molecule has 9 N–H and O–H groups in total. The topological polar surface area (TPSA) is 223 Å². The minimum absolute atomic E-state index is 0. The number of esters is 1. The molecule has 1 aliphatic heterocycles. The normalized spacial score (nSPS) is 44.9. The van der Waals surface area contributed by atoms with Crippen molar-refractivity contribution in [3.05, 3.63) is 11.6 Å². The van der Waals surface area contributed by atoms with Crippen LogP contribution in [0.15, 0.2) is 11.6 Å². The zero-order chi connectivity index (χ0) is 37.9. The van der Waals surface area contributed by atoms with Crippen molar-refractivity contribution >= 4 is 11.9 Å². The van der Waals surface area contributed by atoms with Gasteiger partial charge in [-0.1, -0.05) is 46.3 Å². The van der Waals surface area contributed by atoms with E-state index in [0.717, 1.165) is 44.1 Å². The van der Waals surface area contributed by atoms with Crippen LogP contribution in [0.5, 0.6) is 0 Å². The van der Waals surface area contributed by atoms with Gasteiger partial charge in [-0.05, 0) is 130 Å². The Kier molecular flexibility index (Phi) is 12.8. The van der Waals surface area contributed by atoms with Crippen molar-refractivity contribution in [2.75, 3.05) is 6.61 Å². The Morgan fingerprint density at radius 2 is 1.54 bits per heavy atom. The summed E-state index contributed by atoms with van der Waals surface area (Å²) >= 11 is 0. The molecule has 0 aromatic carbocycles. The summed E-state index contributed by atoms with van der Waals surface area (Å²) in [6.07, 6.45) is 0.240. The van der Waals surface area contributed by atoms with E-state index in [9.17, 15) is 40.2 Å². The van der Waals surface area contributed by atoms with Crippen molar-refractivity contribution in [3.8, 4) is 0 Å². The minimum atomic E-state index is -1.65. The summed E-state index contributed by atoms with van der Waals surface area (Å²) in [6, 6.07) is 0. The fourth-order valence-electron chi connectivity index (χ4n) is 12.3. The van der Waals surface area contributed by atoms with Crippen LogP contribution in [0, 0.1) is 45.3 Å². The summed E-state index contributed by atoms with van der Waals surface area (Å²) in [6.45, 7) is 17.3. The number of hydrogen-bond acceptors (Lipinski definition) is 11. The SMILES string of the molecule is CC(C)=CCC[C@](C)(O[C@@H]1O[C@H](COC(=O)CCC(=O)[O-])[C@@H](O)[C@H](O)[C@H]1O)C1CC[C@]2(C)C1[C@H](O)CC1[C@@]3(C)CC[C@H](O)C(C)(C)C3CC[C@]12C.[NH4+]. The number of carboxylic acid groups (broad SMARTS) is 1. The fourth-order valence-corrected chi connectivity index (χ4v) is 12.3. The van der Waals surface area contributed by atoms with Crippen molar-refractivity contribution < 1.29 is 54.4 Å². The van der Waals surface area contributed by atoms with Gasteiger partial charge in [0, 0.05) is 5.97 Å². The second kappa shape index (κ2) is 15.5.